The zero-order chi connectivity index (χ0) is 10.1. The Balaban J connectivity index is 3.22. The van der Waals surface area contributed by atoms with E-state index in [4.69, 9.17) is 10.8 Å². The number of carboxylic acid groups (broad SMARTS) is 1. The summed E-state index contributed by atoms with van der Waals surface area (Å²) in [5, 5.41) is 8.69. The molecule has 4 nitrogen and oxygen atoms in total. The molecule has 1 heterocycles. The number of nitrogens with two attached hydrogens (primary N) is 1. The summed E-state index contributed by atoms with van der Waals surface area (Å²) in [4.78, 5) is 14.2. The number of hydrogen-bond donors (Lipinski definition) is 2. The van der Waals surface area contributed by atoms with Gasteiger partial charge in [0.05, 0.1) is 0 Å². The van der Waals surface area contributed by atoms with Crippen LogP contribution in [0.4, 0.5) is 4.39 Å². The summed E-state index contributed by atoms with van der Waals surface area (Å²) >= 11 is 0. The van der Waals surface area contributed by atoms with Crippen LogP contribution in [-0.4, -0.2) is 16.1 Å². The molecule has 0 spiro atoms. The second-order valence-electron chi connectivity index (χ2n) is 2.84. The summed E-state index contributed by atoms with van der Waals surface area (Å²) in [5.74, 6) is -2.03. The number of carboxylic acids is 1. The van der Waals surface area contributed by atoms with Crippen LogP contribution in [0.15, 0.2) is 18.3 Å². The molecular formula is C8H9FN2O2. The van der Waals surface area contributed by atoms with E-state index in [1.54, 1.807) is 0 Å². The molecule has 0 aliphatic heterocycles. The SMILES string of the molecule is C[C@@](N)(C(=O)O)c1ncccc1F. The number of nitrogens with zero attached hydrogens (tertiary/aromatic N) is 1. The fourth-order valence-electron chi connectivity index (χ4n) is 0.869. The fraction of sp³-hybridized carbons (Fsp3) is 0.250. The van der Waals surface area contributed by atoms with Crippen LogP contribution in [-0.2, 0) is 10.3 Å². The maximum atomic E-state index is 13.0. The van der Waals surface area contributed by atoms with E-state index in [2.05, 4.69) is 4.98 Å². The monoisotopic (exact) mass is 184 g/mol. The molecule has 13 heavy (non-hydrogen) atoms. The van der Waals surface area contributed by atoms with Crippen molar-refractivity contribution in [3.63, 3.8) is 0 Å². The minimum absolute atomic E-state index is 0.262. The first-order chi connectivity index (χ1) is 5.96. The van der Waals surface area contributed by atoms with Crippen LogP contribution < -0.4 is 5.73 Å². The van der Waals surface area contributed by atoms with E-state index < -0.39 is 17.3 Å². The van der Waals surface area contributed by atoms with Gasteiger partial charge in [-0.15, -0.1) is 0 Å². The molecule has 0 saturated carbocycles. The lowest BCUT2D eigenvalue weighted by Gasteiger charge is -2.18. The molecule has 5 heteroatoms. The van der Waals surface area contributed by atoms with Crippen molar-refractivity contribution in [1.82, 2.24) is 4.98 Å². The van der Waals surface area contributed by atoms with Crippen LogP contribution >= 0.6 is 0 Å². The second kappa shape index (κ2) is 3.10. The predicted octanol–water partition coefficient (Wildman–Crippen LogP) is 0.479. The van der Waals surface area contributed by atoms with E-state index in [9.17, 15) is 9.18 Å². The molecule has 0 unspecified atom stereocenters. The van der Waals surface area contributed by atoms with Gasteiger partial charge in [0.1, 0.15) is 11.5 Å². The molecule has 0 saturated heterocycles. The number of halogens is 1. The third-order valence-electron chi connectivity index (χ3n) is 1.69. The second-order valence-corrected chi connectivity index (χ2v) is 2.84. The number of carbonyl (C=O) groups is 1. The predicted molar refractivity (Wildman–Crippen MR) is 43.4 cm³/mol. The van der Waals surface area contributed by atoms with Crippen molar-refractivity contribution >= 4 is 5.97 Å². The van der Waals surface area contributed by atoms with E-state index in [0.717, 1.165) is 6.07 Å². The first-order valence-corrected chi connectivity index (χ1v) is 3.59. The molecule has 1 aromatic heterocycles. The van der Waals surface area contributed by atoms with Gasteiger partial charge in [0, 0.05) is 6.20 Å². The van der Waals surface area contributed by atoms with Gasteiger partial charge in [0.15, 0.2) is 5.54 Å². The summed E-state index contributed by atoms with van der Waals surface area (Å²) in [7, 11) is 0. The molecule has 3 N–H and O–H groups in total. The van der Waals surface area contributed by atoms with Crippen LogP contribution in [0.1, 0.15) is 12.6 Å². The molecule has 1 aromatic rings. The summed E-state index contributed by atoms with van der Waals surface area (Å²) in [6.07, 6.45) is 1.30. The molecule has 70 valence electrons. The lowest BCUT2D eigenvalue weighted by atomic mass is 9.98. The Hall–Kier alpha value is -1.49. The van der Waals surface area contributed by atoms with Gasteiger partial charge in [-0.25, -0.2) is 9.18 Å². The quantitative estimate of drug-likeness (QED) is 0.700. The largest absolute Gasteiger partial charge is 0.480 e. The van der Waals surface area contributed by atoms with Crippen LogP contribution in [0.5, 0.6) is 0 Å². The maximum Gasteiger partial charge on any atom is 0.329 e. The zero-order valence-corrected chi connectivity index (χ0v) is 6.99. The topological polar surface area (TPSA) is 76.2 Å². The van der Waals surface area contributed by atoms with Gasteiger partial charge in [-0.3, -0.25) is 4.98 Å². The lowest BCUT2D eigenvalue weighted by Crippen LogP contribution is -2.43. The molecule has 1 rings (SSSR count). The highest BCUT2D eigenvalue weighted by molar-refractivity contribution is 5.79. The van der Waals surface area contributed by atoms with Crippen molar-refractivity contribution in [2.24, 2.45) is 5.73 Å². The van der Waals surface area contributed by atoms with Gasteiger partial charge < -0.3 is 10.8 Å². The molecule has 0 radical (unpaired) electrons. The first-order valence-electron chi connectivity index (χ1n) is 3.59. The van der Waals surface area contributed by atoms with Crippen LogP contribution in [0.2, 0.25) is 0 Å². The molecule has 0 amide bonds. The van der Waals surface area contributed by atoms with E-state index >= 15 is 0 Å². The number of pyridine rings is 1. The number of aliphatic carboxylic acids is 1. The number of rotatable bonds is 2. The highest BCUT2D eigenvalue weighted by atomic mass is 19.1. The Morgan fingerprint density at radius 2 is 2.38 bits per heavy atom. The maximum absolute atomic E-state index is 13.0. The van der Waals surface area contributed by atoms with Gasteiger partial charge in [-0.05, 0) is 19.1 Å². The third-order valence-corrected chi connectivity index (χ3v) is 1.69. The van der Waals surface area contributed by atoms with Crippen molar-refractivity contribution in [2.45, 2.75) is 12.5 Å². The van der Waals surface area contributed by atoms with Crippen molar-refractivity contribution in [1.29, 1.82) is 0 Å². The average molecular weight is 184 g/mol. The van der Waals surface area contributed by atoms with Crippen molar-refractivity contribution in [2.75, 3.05) is 0 Å². The van der Waals surface area contributed by atoms with Crippen molar-refractivity contribution in [3.05, 3.63) is 29.8 Å². The Labute approximate surface area is 74.2 Å². The standard InChI is InChI=1S/C8H9FN2O2/c1-8(10,7(12)13)6-5(9)3-2-4-11-6/h2-4H,10H2,1H3,(H,12,13)/t8-/m0/s1. The first kappa shape index (κ1) is 9.60. The average Bonchev–Trinajstić information content (AvgIpc) is 2.04. The highest BCUT2D eigenvalue weighted by Crippen LogP contribution is 2.17. The van der Waals surface area contributed by atoms with E-state index in [1.807, 2.05) is 0 Å². The van der Waals surface area contributed by atoms with Gasteiger partial charge in [0.25, 0.3) is 0 Å². The summed E-state index contributed by atoms with van der Waals surface area (Å²) < 4.78 is 13.0. The Kier molecular flexibility index (Phi) is 2.29. The Bertz CT molecular complexity index is 339. The molecule has 0 bridgehead atoms. The normalized spacial score (nSPS) is 15.0. The molecule has 0 aliphatic rings. The third kappa shape index (κ3) is 1.65. The van der Waals surface area contributed by atoms with Gasteiger partial charge in [0.2, 0.25) is 0 Å². The Morgan fingerprint density at radius 3 is 2.85 bits per heavy atom. The van der Waals surface area contributed by atoms with Gasteiger partial charge in [-0.2, -0.15) is 0 Å². The molecule has 0 fully saturated rings. The Morgan fingerprint density at radius 1 is 1.77 bits per heavy atom. The minimum atomic E-state index is -1.79. The molecular weight excluding hydrogens is 175 g/mol. The van der Waals surface area contributed by atoms with Gasteiger partial charge in [-0.1, -0.05) is 0 Å². The zero-order valence-electron chi connectivity index (χ0n) is 6.99. The highest BCUT2D eigenvalue weighted by Gasteiger charge is 2.34. The van der Waals surface area contributed by atoms with E-state index in [0.29, 0.717) is 0 Å². The molecule has 0 aliphatic carbocycles. The van der Waals surface area contributed by atoms with Crippen molar-refractivity contribution < 1.29 is 14.3 Å². The smallest absolute Gasteiger partial charge is 0.329 e. The van der Waals surface area contributed by atoms with Crippen LogP contribution in [0.3, 0.4) is 0 Å². The van der Waals surface area contributed by atoms with Crippen LogP contribution in [0.25, 0.3) is 0 Å². The molecule has 1 atom stereocenters. The van der Waals surface area contributed by atoms with Crippen LogP contribution in [0, 0.1) is 5.82 Å². The number of hydrogen-bond acceptors (Lipinski definition) is 3. The fourth-order valence-corrected chi connectivity index (χ4v) is 0.869. The van der Waals surface area contributed by atoms with E-state index in [1.165, 1.54) is 19.2 Å². The lowest BCUT2D eigenvalue weighted by molar-refractivity contribution is -0.143. The van der Waals surface area contributed by atoms with E-state index in [-0.39, 0.29) is 5.69 Å². The number of aromatic nitrogens is 1. The summed E-state index contributed by atoms with van der Waals surface area (Å²) in [5.41, 5.74) is 3.33. The van der Waals surface area contributed by atoms with Crippen molar-refractivity contribution in [3.8, 4) is 0 Å². The summed E-state index contributed by atoms with van der Waals surface area (Å²) in [6, 6.07) is 2.49. The summed E-state index contributed by atoms with van der Waals surface area (Å²) in [6.45, 7) is 1.20. The minimum Gasteiger partial charge on any atom is -0.480 e. The molecule has 0 aromatic carbocycles. The van der Waals surface area contributed by atoms with Gasteiger partial charge >= 0.3 is 5.97 Å².